The van der Waals surface area contributed by atoms with Crippen molar-refractivity contribution in [3.8, 4) is 0 Å². The molecule has 0 aliphatic carbocycles. The molecule has 0 saturated carbocycles. The Hall–Kier alpha value is -1.61. The number of anilines is 1. The molecule has 1 aromatic carbocycles. The van der Waals surface area contributed by atoms with Crippen LogP contribution >= 0.6 is 0 Å². The van der Waals surface area contributed by atoms with Crippen LogP contribution in [-0.4, -0.2) is 53.2 Å². The van der Waals surface area contributed by atoms with Crippen molar-refractivity contribution in [1.82, 2.24) is 9.29 Å². The first-order chi connectivity index (χ1) is 9.39. The predicted octanol–water partition coefficient (Wildman–Crippen LogP) is -0.524. The smallest absolute Gasteiger partial charge is 0.245 e. The minimum Gasteiger partial charge on any atom is -0.399 e. The second kappa shape index (κ2) is 4.45. The zero-order valence-corrected chi connectivity index (χ0v) is 11.3. The molecule has 108 valence electrons. The summed E-state index contributed by atoms with van der Waals surface area (Å²) in [5.41, 5.74) is 6.82. The van der Waals surface area contributed by atoms with Crippen molar-refractivity contribution in [3.05, 3.63) is 24.4 Å². The highest BCUT2D eigenvalue weighted by atomic mass is 32.2. The van der Waals surface area contributed by atoms with Gasteiger partial charge in [0.15, 0.2) is 0 Å². The highest BCUT2D eigenvalue weighted by Crippen LogP contribution is 2.28. The SMILES string of the molecule is Nc1ccc2c(S(=O)(=O)N3CC(O)C(O)C3)c[nH]c2c1. The molecule has 1 fully saturated rings. The van der Waals surface area contributed by atoms with Crippen LogP contribution in [0, 0.1) is 0 Å². The first-order valence-corrected chi connectivity index (χ1v) is 7.56. The zero-order chi connectivity index (χ0) is 14.5. The first kappa shape index (κ1) is 13.4. The summed E-state index contributed by atoms with van der Waals surface area (Å²) in [5.74, 6) is 0. The molecule has 2 unspecified atom stereocenters. The molecule has 2 aromatic rings. The van der Waals surface area contributed by atoms with Gasteiger partial charge in [0, 0.05) is 35.9 Å². The molecular formula is C12H15N3O4S. The zero-order valence-electron chi connectivity index (χ0n) is 10.5. The van der Waals surface area contributed by atoms with E-state index in [2.05, 4.69) is 4.98 Å². The Morgan fingerprint density at radius 1 is 1.25 bits per heavy atom. The molecule has 0 spiro atoms. The third kappa shape index (κ3) is 1.97. The van der Waals surface area contributed by atoms with Gasteiger partial charge in [-0.1, -0.05) is 0 Å². The molecule has 0 amide bonds. The van der Waals surface area contributed by atoms with E-state index in [4.69, 9.17) is 5.73 Å². The molecule has 0 radical (unpaired) electrons. The lowest BCUT2D eigenvalue weighted by molar-refractivity contribution is 0.0572. The summed E-state index contributed by atoms with van der Waals surface area (Å²) in [6.07, 6.45) is -0.701. The number of nitrogen functional groups attached to an aromatic ring is 1. The number of benzene rings is 1. The largest absolute Gasteiger partial charge is 0.399 e. The third-order valence-electron chi connectivity index (χ3n) is 3.51. The average molecular weight is 297 g/mol. The van der Waals surface area contributed by atoms with E-state index >= 15 is 0 Å². The minimum absolute atomic E-state index is 0.106. The van der Waals surface area contributed by atoms with Gasteiger partial charge in [0.2, 0.25) is 10.0 Å². The van der Waals surface area contributed by atoms with Crippen LogP contribution in [0.5, 0.6) is 0 Å². The van der Waals surface area contributed by atoms with Gasteiger partial charge in [0.25, 0.3) is 0 Å². The predicted molar refractivity (Wildman–Crippen MR) is 73.5 cm³/mol. The number of sulfonamides is 1. The van der Waals surface area contributed by atoms with E-state index in [0.29, 0.717) is 16.6 Å². The van der Waals surface area contributed by atoms with Gasteiger partial charge in [-0.2, -0.15) is 4.31 Å². The molecule has 20 heavy (non-hydrogen) atoms. The Morgan fingerprint density at radius 2 is 1.90 bits per heavy atom. The van der Waals surface area contributed by atoms with Crippen LogP contribution in [0.3, 0.4) is 0 Å². The number of nitrogens with one attached hydrogen (secondary N) is 1. The molecule has 2 heterocycles. The lowest BCUT2D eigenvalue weighted by atomic mass is 10.2. The summed E-state index contributed by atoms with van der Waals surface area (Å²) in [6, 6.07) is 4.92. The second-order valence-electron chi connectivity index (χ2n) is 4.91. The molecule has 1 aliphatic heterocycles. The van der Waals surface area contributed by atoms with Crippen molar-refractivity contribution in [2.24, 2.45) is 0 Å². The lowest BCUT2D eigenvalue weighted by Gasteiger charge is -2.14. The summed E-state index contributed by atoms with van der Waals surface area (Å²) < 4.78 is 26.2. The van der Waals surface area contributed by atoms with E-state index < -0.39 is 22.2 Å². The molecule has 2 atom stereocenters. The highest BCUT2D eigenvalue weighted by Gasteiger charge is 2.38. The van der Waals surface area contributed by atoms with Crippen LogP contribution in [0.15, 0.2) is 29.3 Å². The fourth-order valence-electron chi connectivity index (χ4n) is 2.40. The second-order valence-corrected chi connectivity index (χ2v) is 6.82. The van der Waals surface area contributed by atoms with Crippen LogP contribution in [0.4, 0.5) is 5.69 Å². The van der Waals surface area contributed by atoms with Gasteiger partial charge in [0.1, 0.15) is 4.90 Å². The van der Waals surface area contributed by atoms with Crippen molar-refractivity contribution < 1.29 is 18.6 Å². The summed E-state index contributed by atoms with van der Waals surface area (Å²) in [5, 5.41) is 19.5. The van der Waals surface area contributed by atoms with Crippen LogP contribution < -0.4 is 5.73 Å². The average Bonchev–Trinajstić information content (AvgIpc) is 2.94. The maximum atomic E-state index is 12.5. The van der Waals surface area contributed by atoms with E-state index in [1.807, 2.05) is 0 Å². The molecule has 5 N–H and O–H groups in total. The first-order valence-electron chi connectivity index (χ1n) is 6.12. The quantitative estimate of drug-likeness (QED) is 0.556. The van der Waals surface area contributed by atoms with Crippen molar-refractivity contribution in [1.29, 1.82) is 0 Å². The number of H-pyrrole nitrogens is 1. The Morgan fingerprint density at radius 3 is 2.55 bits per heavy atom. The van der Waals surface area contributed by atoms with Crippen LogP contribution in [0.2, 0.25) is 0 Å². The number of hydrogen-bond donors (Lipinski definition) is 4. The summed E-state index contributed by atoms with van der Waals surface area (Å²) in [6.45, 7) is -0.212. The number of nitrogens with two attached hydrogens (primary N) is 1. The number of nitrogens with zero attached hydrogens (tertiary/aromatic N) is 1. The summed E-state index contributed by atoms with van der Waals surface area (Å²) in [4.78, 5) is 2.99. The Balaban J connectivity index is 2.06. The van der Waals surface area contributed by atoms with Gasteiger partial charge in [-0.15, -0.1) is 0 Å². The van der Waals surface area contributed by atoms with Crippen LogP contribution in [0.25, 0.3) is 10.9 Å². The van der Waals surface area contributed by atoms with Gasteiger partial charge in [-0.3, -0.25) is 0 Å². The van der Waals surface area contributed by atoms with E-state index in [9.17, 15) is 18.6 Å². The number of aromatic amines is 1. The Labute approximate surface area is 115 Å². The maximum absolute atomic E-state index is 12.5. The Bertz CT molecular complexity index is 745. The number of rotatable bonds is 2. The van der Waals surface area contributed by atoms with Gasteiger partial charge in [-0.25, -0.2) is 8.42 Å². The molecule has 1 saturated heterocycles. The van der Waals surface area contributed by atoms with E-state index in [1.165, 1.54) is 6.20 Å². The fraction of sp³-hybridized carbons (Fsp3) is 0.333. The van der Waals surface area contributed by atoms with Gasteiger partial charge < -0.3 is 20.9 Å². The Kier molecular flexibility index (Phi) is 2.98. The van der Waals surface area contributed by atoms with Crippen molar-refractivity contribution >= 4 is 26.6 Å². The molecular weight excluding hydrogens is 282 g/mol. The normalized spacial score (nSPS) is 24.5. The lowest BCUT2D eigenvalue weighted by Crippen LogP contribution is -2.29. The van der Waals surface area contributed by atoms with Gasteiger partial charge >= 0.3 is 0 Å². The van der Waals surface area contributed by atoms with Gasteiger partial charge in [-0.05, 0) is 18.2 Å². The minimum atomic E-state index is -3.76. The van der Waals surface area contributed by atoms with E-state index in [1.54, 1.807) is 18.2 Å². The fourth-order valence-corrected chi connectivity index (χ4v) is 4.04. The van der Waals surface area contributed by atoms with Crippen molar-refractivity contribution in [3.63, 3.8) is 0 Å². The van der Waals surface area contributed by atoms with Crippen molar-refractivity contribution in [2.45, 2.75) is 17.1 Å². The number of fused-ring (bicyclic) bond motifs is 1. The monoisotopic (exact) mass is 297 g/mol. The van der Waals surface area contributed by atoms with E-state index in [-0.39, 0.29) is 18.0 Å². The standard InChI is InChI=1S/C12H15N3O4S/c13-7-1-2-8-9(3-7)14-4-12(8)20(18,19)15-5-10(16)11(17)6-15/h1-4,10-11,14,16-17H,5-6,13H2. The van der Waals surface area contributed by atoms with Gasteiger partial charge in [0.05, 0.1) is 12.2 Å². The highest BCUT2D eigenvalue weighted by molar-refractivity contribution is 7.89. The molecule has 0 bridgehead atoms. The molecule has 3 rings (SSSR count). The van der Waals surface area contributed by atoms with Crippen LogP contribution in [0.1, 0.15) is 0 Å². The third-order valence-corrected chi connectivity index (χ3v) is 5.38. The number of aromatic nitrogens is 1. The van der Waals surface area contributed by atoms with Crippen molar-refractivity contribution in [2.75, 3.05) is 18.8 Å². The number of β-amino-alcohol motifs (C(OH)–C–C–N with tert-alkyl or cyclic N) is 2. The topological polar surface area (TPSA) is 120 Å². The summed E-state index contributed by atoms with van der Waals surface area (Å²) in [7, 11) is -3.76. The van der Waals surface area contributed by atoms with E-state index in [0.717, 1.165) is 4.31 Å². The summed E-state index contributed by atoms with van der Waals surface area (Å²) >= 11 is 0. The van der Waals surface area contributed by atoms with Crippen LogP contribution in [-0.2, 0) is 10.0 Å². The molecule has 7 nitrogen and oxygen atoms in total. The molecule has 8 heteroatoms. The number of hydrogen-bond acceptors (Lipinski definition) is 5. The number of aliphatic hydroxyl groups is 2. The number of aliphatic hydroxyl groups excluding tert-OH is 2. The maximum Gasteiger partial charge on any atom is 0.245 e. The molecule has 1 aliphatic rings. The molecule has 1 aromatic heterocycles.